The molecule has 4 N–H and O–H groups in total. The Balaban J connectivity index is 2.11. The molecule has 1 aromatic heterocycles. The monoisotopic (exact) mass is 374 g/mol. The highest BCUT2D eigenvalue weighted by Gasteiger charge is 2.19. The zero-order valence-electron chi connectivity index (χ0n) is 13.7. The predicted octanol–water partition coefficient (Wildman–Crippen LogP) is 2.79. The SMILES string of the molecule is CN=C(NC#N)NCCSC(c1ccccc1)c1nc(Cl)ccc1N. The van der Waals surface area contributed by atoms with Crippen LogP contribution in [0.3, 0.4) is 0 Å². The Morgan fingerprint density at radius 3 is 2.80 bits per heavy atom. The number of nitrogens with one attached hydrogen (secondary N) is 2. The quantitative estimate of drug-likeness (QED) is 0.179. The average molecular weight is 375 g/mol. The molecule has 1 aromatic carbocycles. The molecule has 0 aliphatic carbocycles. The van der Waals surface area contributed by atoms with Crippen molar-refractivity contribution in [1.82, 2.24) is 15.6 Å². The van der Waals surface area contributed by atoms with Crippen LogP contribution in [0.1, 0.15) is 16.5 Å². The van der Waals surface area contributed by atoms with Crippen LogP contribution in [0, 0.1) is 11.5 Å². The second-order valence-electron chi connectivity index (χ2n) is 5.01. The predicted molar refractivity (Wildman–Crippen MR) is 105 cm³/mol. The smallest absolute Gasteiger partial charge is 0.204 e. The fraction of sp³-hybridized carbons (Fsp3) is 0.235. The lowest BCUT2D eigenvalue weighted by Gasteiger charge is -2.19. The maximum Gasteiger partial charge on any atom is 0.204 e. The number of thioether (sulfide) groups is 1. The van der Waals surface area contributed by atoms with E-state index in [1.807, 2.05) is 36.5 Å². The second-order valence-corrected chi connectivity index (χ2v) is 6.61. The lowest BCUT2D eigenvalue weighted by atomic mass is 10.1. The van der Waals surface area contributed by atoms with Gasteiger partial charge in [0.25, 0.3) is 0 Å². The molecular weight excluding hydrogens is 356 g/mol. The molecule has 6 nitrogen and oxygen atoms in total. The van der Waals surface area contributed by atoms with Gasteiger partial charge in [-0.05, 0) is 17.7 Å². The summed E-state index contributed by atoms with van der Waals surface area (Å²) in [6.45, 7) is 0.635. The normalized spacial score (nSPS) is 12.3. The summed E-state index contributed by atoms with van der Waals surface area (Å²) in [7, 11) is 1.61. The molecule has 130 valence electrons. The van der Waals surface area contributed by atoms with Crippen molar-refractivity contribution in [2.45, 2.75) is 5.25 Å². The van der Waals surface area contributed by atoms with Crippen LogP contribution in [-0.2, 0) is 0 Å². The van der Waals surface area contributed by atoms with Gasteiger partial charge in [0, 0.05) is 19.3 Å². The fourth-order valence-corrected chi connectivity index (χ4v) is 3.52. The summed E-state index contributed by atoms with van der Waals surface area (Å²) >= 11 is 7.75. The number of pyridine rings is 1. The molecule has 0 aliphatic rings. The van der Waals surface area contributed by atoms with E-state index in [1.54, 1.807) is 30.9 Å². The molecular formula is C17H19ClN6S. The van der Waals surface area contributed by atoms with Gasteiger partial charge in [0.1, 0.15) is 5.15 Å². The lowest BCUT2D eigenvalue weighted by molar-refractivity contribution is 0.927. The summed E-state index contributed by atoms with van der Waals surface area (Å²) in [5, 5.41) is 14.6. The van der Waals surface area contributed by atoms with E-state index in [9.17, 15) is 0 Å². The second kappa shape index (κ2) is 9.77. The molecule has 0 aliphatic heterocycles. The van der Waals surface area contributed by atoms with Crippen molar-refractivity contribution in [1.29, 1.82) is 5.26 Å². The van der Waals surface area contributed by atoms with Crippen LogP contribution < -0.4 is 16.4 Å². The Kier molecular flexibility index (Phi) is 7.38. The van der Waals surface area contributed by atoms with Crippen LogP contribution in [-0.4, -0.2) is 30.3 Å². The van der Waals surface area contributed by atoms with Crippen LogP contribution >= 0.6 is 23.4 Å². The molecule has 25 heavy (non-hydrogen) atoms. The Morgan fingerprint density at radius 1 is 1.36 bits per heavy atom. The number of nitrogens with two attached hydrogens (primary N) is 1. The summed E-state index contributed by atoms with van der Waals surface area (Å²) < 4.78 is 0. The van der Waals surface area contributed by atoms with Gasteiger partial charge in [-0.1, -0.05) is 41.9 Å². The van der Waals surface area contributed by atoms with E-state index in [4.69, 9.17) is 22.6 Å². The summed E-state index contributed by atoms with van der Waals surface area (Å²) in [4.78, 5) is 8.38. The minimum atomic E-state index is -0.0346. The van der Waals surface area contributed by atoms with Crippen molar-refractivity contribution in [3.05, 3.63) is 58.9 Å². The van der Waals surface area contributed by atoms with E-state index >= 15 is 0 Å². The van der Waals surface area contributed by atoms with Crippen molar-refractivity contribution in [3.8, 4) is 6.19 Å². The molecule has 2 aromatic rings. The first kappa shape index (κ1) is 18.9. The van der Waals surface area contributed by atoms with E-state index in [-0.39, 0.29) is 5.25 Å². The number of aliphatic imine (C=N–C) groups is 1. The van der Waals surface area contributed by atoms with E-state index in [0.29, 0.717) is 23.3 Å². The summed E-state index contributed by atoms with van der Waals surface area (Å²) in [6, 6.07) is 13.5. The maximum absolute atomic E-state index is 8.64. The third-order valence-electron chi connectivity index (χ3n) is 3.35. The van der Waals surface area contributed by atoms with E-state index in [0.717, 1.165) is 17.0 Å². The maximum atomic E-state index is 8.64. The number of anilines is 1. The summed E-state index contributed by atoms with van der Waals surface area (Å²) in [5.41, 5.74) is 8.60. The van der Waals surface area contributed by atoms with Gasteiger partial charge < -0.3 is 11.1 Å². The van der Waals surface area contributed by atoms with Gasteiger partial charge in [0.2, 0.25) is 5.96 Å². The summed E-state index contributed by atoms with van der Waals surface area (Å²) in [5.74, 6) is 1.21. The van der Waals surface area contributed by atoms with Crippen LogP contribution in [0.15, 0.2) is 47.5 Å². The molecule has 0 fully saturated rings. The lowest BCUT2D eigenvalue weighted by Crippen LogP contribution is -2.35. The van der Waals surface area contributed by atoms with E-state index in [2.05, 4.69) is 20.6 Å². The van der Waals surface area contributed by atoms with Crippen molar-refractivity contribution >= 4 is 35.0 Å². The van der Waals surface area contributed by atoms with Gasteiger partial charge in [-0.3, -0.25) is 10.3 Å². The van der Waals surface area contributed by atoms with Crippen LogP contribution in [0.2, 0.25) is 5.15 Å². The first-order valence-corrected chi connectivity index (χ1v) is 9.02. The average Bonchev–Trinajstić information content (AvgIpc) is 2.64. The molecule has 1 heterocycles. The number of rotatable bonds is 6. The fourth-order valence-electron chi connectivity index (χ4n) is 2.21. The molecule has 0 saturated heterocycles. The van der Waals surface area contributed by atoms with Crippen LogP contribution in [0.4, 0.5) is 5.69 Å². The Labute approximate surface area is 156 Å². The van der Waals surface area contributed by atoms with Gasteiger partial charge in [-0.2, -0.15) is 5.26 Å². The van der Waals surface area contributed by atoms with Gasteiger partial charge >= 0.3 is 0 Å². The molecule has 0 saturated carbocycles. The van der Waals surface area contributed by atoms with E-state index < -0.39 is 0 Å². The van der Waals surface area contributed by atoms with Crippen molar-refractivity contribution in [2.24, 2.45) is 4.99 Å². The summed E-state index contributed by atoms with van der Waals surface area (Å²) in [6.07, 6.45) is 1.84. The number of hydrogen-bond acceptors (Lipinski definition) is 5. The molecule has 8 heteroatoms. The standard InChI is InChI=1S/C17H19ClN6S/c1-21-17(23-11-19)22-9-10-25-16(12-5-3-2-4-6-12)15-13(20)7-8-14(18)24-15/h2-8,16H,9-10,20H2,1H3,(H2,21,22,23). The Bertz CT molecular complexity index is 759. The number of guanidine groups is 1. The van der Waals surface area contributed by atoms with Crippen molar-refractivity contribution in [2.75, 3.05) is 25.1 Å². The van der Waals surface area contributed by atoms with Gasteiger partial charge in [-0.15, -0.1) is 11.8 Å². The number of halogens is 1. The molecule has 0 spiro atoms. The highest BCUT2D eigenvalue weighted by atomic mass is 35.5. The third kappa shape index (κ3) is 5.55. The highest BCUT2D eigenvalue weighted by Crippen LogP contribution is 2.37. The van der Waals surface area contributed by atoms with Crippen LogP contribution in [0.25, 0.3) is 0 Å². The number of hydrogen-bond donors (Lipinski definition) is 3. The molecule has 0 radical (unpaired) electrons. The molecule has 1 atom stereocenters. The van der Waals surface area contributed by atoms with Gasteiger partial charge in [0.15, 0.2) is 6.19 Å². The highest BCUT2D eigenvalue weighted by molar-refractivity contribution is 7.99. The Hall–Kier alpha value is -2.43. The molecule has 0 amide bonds. The van der Waals surface area contributed by atoms with Gasteiger partial charge in [-0.25, -0.2) is 4.98 Å². The number of nitrogens with zero attached hydrogens (tertiary/aromatic N) is 3. The number of nitriles is 1. The van der Waals surface area contributed by atoms with Crippen LogP contribution in [0.5, 0.6) is 0 Å². The van der Waals surface area contributed by atoms with Crippen molar-refractivity contribution in [3.63, 3.8) is 0 Å². The zero-order valence-corrected chi connectivity index (χ0v) is 15.3. The van der Waals surface area contributed by atoms with Crippen molar-refractivity contribution < 1.29 is 0 Å². The minimum Gasteiger partial charge on any atom is -0.397 e. The molecule has 0 bridgehead atoms. The molecule has 1 unspecified atom stereocenters. The third-order valence-corrected chi connectivity index (χ3v) is 4.83. The largest absolute Gasteiger partial charge is 0.397 e. The number of aromatic nitrogens is 1. The first-order valence-electron chi connectivity index (χ1n) is 7.60. The van der Waals surface area contributed by atoms with E-state index in [1.165, 1.54) is 0 Å². The Morgan fingerprint density at radius 2 is 2.12 bits per heavy atom. The zero-order chi connectivity index (χ0) is 18.1. The number of nitrogen functional groups attached to an aromatic ring is 1. The molecule has 2 rings (SSSR count). The number of benzene rings is 1. The first-order chi connectivity index (χ1) is 12.2. The van der Waals surface area contributed by atoms with Gasteiger partial charge in [0.05, 0.1) is 16.6 Å². The minimum absolute atomic E-state index is 0.0346. The topological polar surface area (TPSA) is 99.1 Å².